The third kappa shape index (κ3) is 7.15. The summed E-state index contributed by atoms with van der Waals surface area (Å²) >= 11 is 0. The van der Waals surface area contributed by atoms with Gasteiger partial charge in [0.25, 0.3) is 5.91 Å². The topological polar surface area (TPSA) is 110 Å². The van der Waals surface area contributed by atoms with E-state index in [1.165, 1.54) is 42.9 Å². The summed E-state index contributed by atoms with van der Waals surface area (Å²) in [5.74, 6) is 5.69. The fourth-order valence-corrected chi connectivity index (χ4v) is 4.05. The van der Waals surface area contributed by atoms with Crippen LogP contribution in [0.15, 0.2) is 48.9 Å². The fourth-order valence-electron chi connectivity index (χ4n) is 4.05. The van der Waals surface area contributed by atoms with Gasteiger partial charge in [-0.2, -0.15) is 13.2 Å². The summed E-state index contributed by atoms with van der Waals surface area (Å²) < 4.78 is 41.6. The number of aromatic amines is 1. The van der Waals surface area contributed by atoms with Crippen LogP contribution in [0.4, 0.5) is 18.9 Å². The molecular formula is C27H26F3N7O. The second-order valence-corrected chi connectivity index (χ2v) is 8.83. The highest BCUT2D eigenvalue weighted by atomic mass is 19.4. The molecule has 4 N–H and O–H groups in total. The standard InChI is InChI=1S/C27H26F3N7O/c1-18-16-37(10-9-33-18)17-20-5-7-22(12-24(20)27(28,29)30)36-26(38)21-11-19(13-32-14-21)4-6-23-15-34-25(35-23)3-2-8-31/h2-3,5,7-8,11-15,18,31,33H,9-10,16-17H2,1H3,(H,34,35)(H,36,38)/b3-2-,31-8?/t18-/m0/s1. The molecule has 1 aliphatic heterocycles. The van der Waals surface area contributed by atoms with E-state index in [1.807, 2.05) is 11.8 Å². The summed E-state index contributed by atoms with van der Waals surface area (Å²) in [6, 6.07) is 5.58. The molecule has 0 radical (unpaired) electrons. The number of anilines is 1. The second-order valence-electron chi connectivity index (χ2n) is 8.83. The molecule has 0 saturated carbocycles. The quantitative estimate of drug-likeness (QED) is 0.290. The lowest BCUT2D eigenvalue weighted by Gasteiger charge is -2.32. The summed E-state index contributed by atoms with van der Waals surface area (Å²) in [5, 5.41) is 12.8. The van der Waals surface area contributed by atoms with E-state index in [2.05, 4.69) is 37.4 Å². The van der Waals surface area contributed by atoms with Gasteiger partial charge in [-0.3, -0.25) is 14.7 Å². The minimum atomic E-state index is -4.56. The number of allylic oxidation sites excluding steroid dienone is 1. The minimum Gasteiger partial charge on any atom is -0.332 e. The van der Waals surface area contributed by atoms with Gasteiger partial charge in [-0.05, 0) is 48.8 Å². The van der Waals surface area contributed by atoms with E-state index in [-0.39, 0.29) is 29.4 Å². The third-order valence-corrected chi connectivity index (χ3v) is 5.81. The lowest BCUT2D eigenvalue weighted by Crippen LogP contribution is -2.48. The summed E-state index contributed by atoms with van der Waals surface area (Å²) in [6.45, 7) is 4.22. The third-order valence-electron chi connectivity index (χ3n) is 5.81. The van der Waals surface area contributed by atoms with E-state index in [4.69, 9.17) is 5.41 Å². The number of aromatic nitrogens is 3. The molecule has 1 saturated heterocycles. The molecule has 1 atom stereocenters. The average molecular weight is 522 g/mol. The maximum Gasteiger partial charge on any atom is 0.416 e. The number of piperazine rings is 1. The largest absolute Gasteiger partial charge is 0.416 e. The predicted molar refractivity (Wildman–Crippen MR) is 139 cm³/mol. The molecular weight excluding hydrogens is 495 g/mol. The maximum absolute atomic E-state index is 13.9. The van der Waals surface area contributed by atoms with Crippen LogP contribution in [0.5, 0.6) is 0 Å². The van der Waals surface area contributed by atoms with Crippen LogP contribution in [0.3, 0.4) is 0 Å². The number of H-pyrrole nitrogens is 1. The van der Waals surface area contributed by atoms with Crippen LogP contribution in [0, 0.1) is 17.3 Å². The Balaban J connectivity index is 1.48. The number of nitrogens with zero attached hydrogens (tertiary/aromatic N) is 3. The number of hydrogen-bond acceptors (Lipinski definition) is 6. The highest BCUT2D eigenvalue weighted by Crippen LogP contribution is 2.34. The van der Waals surface area contributed by atoms with Crippen LogP contribution in [-0.2, 0) is 12.7 Å². The van der Waals surface area contributed by atoms with Gasteiger partial charge >= 0.3 is 6.18 Å². The first-order chi connectivity index (χ1) is 18.2. The van der Waals surface area contributed by atoms with E-state index < -0.39 is 17.6 Å². The number of carbonyl (C=O) groups is 1. The molecule has 0 unspecified atom stereocenters. The molecule has 3 aromatic rings. The number of hydrogen-bond donors (Lipinski definition) is 4. The normalized spacial score (nSPS) is 16.2. The van der Waals surface area contributed by atoms with Crippen LogP contribution in [0.25, 0.3) is 6.08 Å². The smallest absolute Gasteiger partial charge is 0.332 e. The predicted octanol–water partition coefficient (Wildman–Crippen LogP) is 3.93. The Hall–Kier alpha value is -4.27. The lowest BCUT2D eigenvalue weighted by atomic mass is 10.0. The number of imidazole rings is 1. The Kier molecular flexibility index (Phi) is 8.35. The van der Waals surface area contributed by atoms with Crippen molar-refractivity contribution in [2.45, 2.75) is 25.7 Å². The number of benzene rings is 1. The SMILES string of the molecule is C[C@H]1CN(Cc2ccc(NC(=O)c3cncc(C#Cc4cnc(/C=C\C=N)[nH]4)c3)cc2C(F)(F)F)CCN1. The molecule has 1 aromatic carbocycles. The number of amides is 1. The van der Waals surface area contributed by atoms with Crippen molar-refractivity contribution < 1.29 is 18.0 Å². The van der Waals surface area contributed by atoms with E-state index in [9.17, 15) is 18.0 Å². The molecule has 2 aromatic heterocycles. The van der Waals surface area contributed by atoms with Crippen molar-refractivity contribution in [3.63, 3.8) is 0 Å². The molecule has 0 aliphatic carbocycles. The number of pyridine rings is 1. The first-order valence-electron chi connectivity index (χ1n) is 11.9. The van der Waals surface area contributed by atoms with Crippen molar-refractivity contribution in [2.75, 3.05) is 25.0 Å². The van der Waals surface area contributed by atoms with Crippen LogP contribution in [0.1, 0.15) is 45.5 Å². The first-order valence-corrected chi connectivity index (χ1v) is 11.9. The molecule has 196 valence electrons. The molecule has 38 heavy (non-hydrogen) atoms. The van der Waals surface area contributed by atoms with Crippen molar-refractivity contribution in [2.24, 2.45) is 0 Å². The zero-order valence-electron chi connectivity index (χ0n) is 20.6. The minimum absolute atomic E-state index is 0.0409. The number of rotatable bonds is 6. The van der Waals surface area contributed by atoms with Crippen molar-refractivity contribution in [3.8, 4) is 11.8 Å². The van der Waals surface area contributed by atoms with Gasteiger partial charge in [-0.25, -0.2) is 4.98 Å². The Morgan fingerprint density at radius 2 is 2.11 bits per heavy atom. The molecule has 4 rings (SSSR count). The first kappa shape index (κ1) is 26.8. The van der Waals surface area contributed by atoms with Crippen LogP contribution >= 0.6 is 0 Å². The number of halogens is 3. The summed E-state index contributed by atoms with van der Waals surface area (Å²) in [4.78, 5) is 25.9. The zero-order valence-corrected chi connectivity index (χ0v) is 20.6. The summed E-state index contributed by atoms with van der Waals surface area (Å²) in [7, 11) is 0. The van der Waals surface area contributed by atoms with E-state index in [1.54, 1.807) is 6.08 Å². The molecule has 0 spiro atoms. The fraction of sp³-hybridized carbons (Fsp3) is 0.259. The molecule has 1 fully saturated rings. The highest BCUT2D eigenvalue weighted by Gasteiger charge is 2.34. The van der Waals surface area contributed by atoms with E-state index >= 15 is 0 Å². The van der Waals surface area contributed by atoms with Crippen molar-refractivity contribution in [3.05, 3.63) is 82.7 Å². The molecule has 1 amide bonds. The number of nitrogens with one attached hydrogen (secondary N) is 4. The highest BCUT2D eigenvalue weighted by molar-refractivity contribution is 6.04. The molecule has 3 heterocycles. The number of carbonyl (C=O) groups excluding carboxylic acids is 1. The van der Waals surface area contributed by atoms with Crippen LogP contribution in [-0.4, -0.2) is 57.6 Å². The average Bonchev–Trinajstić information content (AvgIpc) is 3.34. The molecule has 1 aliphatic rings. The Morgan fingerprint density at radius 1 is 1.26 bits per heavy atom. The van der Waals surface area contributed by atoms with Crippen molar-refractivity contribution in [1.29, 1.82) is 5.41 Å². The molecule has 8 nitrogen and oxygen atoms in total. The molecule has 0 bridgehead atoms. The Bertz CT molecular complexity index is 1400. The van der Waals surface area contributed by atoms with E-state index in [0.717, 1.165) is 18.8 Å². The lowest BCUT2D eigenvalue weighted by molar-refractivity contribution is -0.138. The zero-order chi connectivity index (χ0) is 27.1. The maximum atomic E-state index is 13.9. The van der Waals surface area contributed by atoms with Crippen molar-refractivity contribution >= 4 is 23.9 Å². The van der Waals surface area contributed by atoms with Gasteiger partial charge in [-0.1, -0.05) is 12.0 Å². The number of alkyl halides is 3. The van der Waals surface area contributed by atoms with Crippen LogP contribution < -0.4 is 10.6 Å². The summed E-state index contributed by atoms with van der Waals surface area (Å²) in [5.41, 5.74) is 0.565. The van der Waals surface area contributed by atoms with Gasteiger partial charge < -0.3 is 21.0 Å². The molecule has 11 heteroatoms. The van der Waals surface area contributed by atoms with Gasteiger partial charge in [0, 0.05) is 62.1 Å². The summed E-state index contributed by atoms with van der Waals surface area (Å²) in [6.07, 6.45) is 4.03. The van der Waals surface area contributed by atoms with Gasteiger partial charge in [0.1, 0.15) is 11.5 Å². The van der Waals surface area contributed by atoms with E-state index in [0.29, 0.717) is 30.2 Å². The van der Waals surface area contributed by atoms with Gasteiger partial charge in [0.15, 0.2) is 0 Å². The van der Waals surface area contributed by atoms with Gasteiger partial charge in [-0.15, -0.1) is 0 Å². The van der Waals surface area contributed by atoms with Gasteiger partial charge in [0.05, 0.1) is 17.3 Å². The van der Waals surface area contributed by atoms with Gasteiger partial charge in [0.2, 0.25) is 0 Å². The Labute approximate surface area is 217 Å². The van der Waals surface area contributed by atoms with Crippen LogP contribution in [0.2, 0.25) is 0 Å². The monoisotopic (exact) mass is 521 g/mol. The Morgan fingerprint density at radius 3 is 2.87 bits per heavy atom. The second kappa shape index (κ2) is 11.9. The van der Waals surface area contributed by atoms with Crippen molar-refractivity contribution in [1.82, 2.24) is 25.2 Å².